The minimum atomic E-state index is -0.914. The molecule has 2 heterocycles. The van der Waals surface area contributed by atoms with Gasteiger partial charge in [-0.25, -0.2) is 0 Å². The molecule has 1 aliphatic carbocycles. The molecule has 5 rings (SSSR count). The molecular weight excluding hydrogens is 492 g/mol. The lowest BCUT2D eigenvalue weighted by atomic mass is 9.77. The van der Waals surface area contributed by atoms with E-state index < -0.39 is 29.8 Å². The summed E-state index contributed by atoms with van der Waals surface area (Å²) in [4.78, 5) is 43.3. The molecule has 4 unspecified atom stereocenters. The van der Waals surface area contributed by atoms with Crippen LogP contribution in [0, 0.1) is 11.8 Å². The van der Waals surface area contributed by atoms with E-state index in [2.05, 4.69) is 32.9 Å². The van der Waals surface area contributed by atoms with E-state index in [1.807, 2.05) is 72.1 Å². The van der Waals surface area contributed by atoms with Gasteiger partial charge in [-0.1, -0.05) is 93.6 Å². The van der Waals surface area contributed by atoms with Crippen molar-refractivity contribution in [1.82, 2.24) is 4.90 Å². The van der Waals surface area contributed by atoms with Gasteiger partial charge in [-0.15, -0.1) is 11.3 Å². The average molecular weight is 527 g/mol. The molecule has 5 nitrogen and oxygen atoms in total. The molecule has 2 amide bonds. The minimum Gasteiger partial charge on any atom is -0.368 e. The first-order valence-corrected chi connectivity index (χ1v) is 14.1. The quantitative estimate of drug-likeness (QED) is 0.394. The Kier molecular flexibility index (Phi) is 7.10. The van der Waals surface area contributed by atoms with Gasteiger partial charge in [0.15, 0.2) is 5.78 Å². The maximum absolute atomic E-state index is 14.1. The molecule has 1 aromatic heterocycles. The van der Waals surface area contributed by atoms with Gasteiger partial charge in [-0.3, -0.25) is 14.4 Å². The van der Waals surface area contributed by atoms with Crippen molar-refractivity contribution in [2.75, 3.05) is 0 Å². The smallest absolute Gasteiger partial charge is 0.240 e. The highest BCUT2D eigenvalue weighted by atomic mass is 32.1. The van der Waals surface area contributed by atoms with Gasteiger partial charge in [0.05, 0.1) is 16.8 Å². The van der Waals surface area contributed by atoms with E-state index in [9.17, 15) is 14.4 Å². The third-order valence-electron chi connectivity index (χ3n) is 7.70. The molecule has 196 valence electrons. The number of hydrogen-bond acceptors (Lipinski definition) is 4. The van der Waals surface area contributed by atoms with Crippen molar-refractivity contribution < 1.29 is 14.4 Å². The van der Waals surface area contributed by atoms with Crippen LogP contribution in [0.1, 0.15) is 65.9 Å². The van der Waals surface area contributed by atoms with Crippen LogP contribution in [0.4, 0.5) is 0 Å². The van der Waals surface area contributed by atoms with Gasteiger partial charge in [0.25, 0.3) is 0 Å². The highest BCUT2D eigenvalue weighted by Crippen LogP contribution is 2.48. The summed E-state index contributed by atoms with van der Waals surface area (Å²) in [5.41, 5.74) is 8.98. The van der Waals surface area contributed by atoms with Crippen molar-refractivity contribution in [3.05, 3.63) is 99.8 Å². The number of primary amides is 1. The van der Waals surface area contributed by atoms with Crippen LogP contribution in [0.3, 0.4) is 0 Å². The van der Waals surface area contributed by atoms with Gasteiger partial charge < -0.3 is 10.6 Å². The van der Waals surface area contributed by atoms with Crippen LogP contribution in [-0.2, 0) is 15.0 Å². The normalized spacial score (nSPS) is 23.6. The number of amides is 2. The highest BCUT2D eigenvalue weighted by Gasteiger charge is 2.57. The summed E-state index contributed by atoms with van der Waals surface area (Å²) in [6.07, 6.45) is 5.45. The molecule has 3 aromatic rings. The standard InChI is InChI=1S/C32H34N2O3S/c1-32(2,3)23-16-14-21(15-17-23)26-27(29(35)25-10-7-19-38-25)24(18-11-20-8-5-4-6-9-20)34(28(26)30(33)36)31(37)22-12-13-22/h4-11,14-19,22,24,26-28H,12-13H2,1-3H3,(H2,33,36). The molecule has 0 bridgehead atoms. The van der Waals surface area contributed by atoms with E-state index in [-0.39, 0.29) is 23.0 Å². The number of nitrogens with zero attached hydrogens (tertiary/aromatic N) is 1. The molecule has 0 spiro atoms. The zero-order chi connectivity index (χ0) is 27.0. The summed E-state index contributed by atoms with van der Waals surface area (Å²) in [7, 11) is 0. The Hall–Kier alpha value is -3.51. The van der Waals surface area contributed by atoms with E-state index in [0.717, 1.165) is 29.5 Å². The Bertz CT molecular complexity index is 1340. The Morgan fingerprint density at radius 2 is 1.63 bits per heavy atom. The van der Waals surface area contributed by atoms with E-state index in [1.54, 1.807) is 4.90 Å². The van der Waals surface area contributed by atoms with Crippen molar-refractivity contribution in [1.29, 1.82) is 0 Å². The third kappa shape index (κ3) is 5.10. The summed E-state index contributed by atoms with van der Waals surface area (Å²) < 4.78 is 0. The lowest BCUT2D eigenvalue weighted by Gasteiger charge is -2.29. The van der Waals surface area contributed by atoms with E-state index >= 15 is 0 Å². The van der Waals surface area contributed by atoms with Crippen molar-refractivity contribution in [2.24, 2.45) is 17.6 Å². The fourth-order valence-corrected chi connectivity index (χ4v) is 6.28. The molecule has 2 fully saturated rings. The zero-order valence-electron chi connectivity index (χ0n) is 22.0. The second-order valence-electron chi connectivity index (χ2n) is 11.4. The largest absolute Gasteiger partial charge is 0.368 e. The lowest BCUT2D eigenvalue weighted by Crippen LogP contribution is -2.49. The zero-order valence-corrected chi connectivity index (χ0v) is 22.9. The topological polar surface area (TPSA) is 80.5 Å². The van der Waals surface area contributed by atoms with Gasteiger partial charge >= 0.3 is 0 Å². The Morgan fingerprint density at radius 1 is 0.947 bits per heavy atom. The molecule has 6 heteroatoms. The highest BCUT2D eigenvalue weighted by molar-refractivity contribution is 7.12. The Labute approximate surface area is 228 Å². The van der Waals surface area contributed by atoms with E-state index in [1.165, 1.54) is 11.3 Å². The van der Waals surface area contributed by atoms with Gasteiger partial charge in [-0.05, 0) is 46.4 Å². The van der Waals surface area contributed by atoms with Gasteiger partial charge in [0, 0.05) is 11.8 Å². The summed E-state index contributed by atoms with van der Waals surface area (Å²) in [5, 5.41) is 1.88. The number of Topliss-reactive ketones (excluding diaryl/α,β-unsaturated/α-hetero) is 1. The van der Waals surface area contributed by atoms with Crippen LogP contribution >= 0.6 is 11.3 Å². The third-order valence-corrected chi connectivity index (χ3v) is 8.59. The maximum Gasteiger partial charge on any atom is 0.240 e. The average Bonchev–Trinajstić information content (AvgIpc) is 3.48. The van der Waals surface area contributed by atoms with E-state index in [0.29, 0.717) is 4.88 Å². The van der Waals surface area contributed by atoms with Crippen molar-refractivity contribution in [3.63, 3.8) is 0 Å². The summed E-state index contributed by atoms with van der Waals surface area (Å²) in [5.74, 6) is -2.05. The number of nitrogens with two attached hydrogens (primary N) is 1. The van der Waals surface area contributed by atoms with Gasteiger partial charge in [0.2, 0.25) is 11.8 Å². The second-order valence-corrected chi connectivity index (χ2v) is 12.3. The molecule has 4 atom stereocenters. The molecular formula is C32H34N2O3S. The monoisotopic (exact) mass is 526 g/mol. The first kappa shape index (κ1) is 26.1. The van der Waals surface area contributed by atoms with Crippen molar-refractivity contribution in [3.8, 4) is 0 Å². The van der Waals surface area contributed by atoms with Crippen LogP contribution in [0.2, 0.25) is 0 Å². The Morgan fingerprint density at radius 3 is 2.18 bits per heavy atom. The molecule has 0 radical (unpaired) electrons. The number of benzene rings is 2. The number of ketones is 1. The Balaban J connectivity index is 1.67. The molecule has 38 heavy (non-hydrogen) atoms. The van der Waals surface area contributed by atoms with Gasteiger partial charge in [0.1, 0.15) is 6.04 Å². The van der Waals surface area contributed by atoms with Crippen molar-refractivity contribution in [2.45, 2.75) is 57.0 Å². The molecule has 1 aliphatic heterocycles. The van der Waals surface area contributed by atoms with Gasteiger partial charge in [-0.2, -0.15) is 0 Å². The SMILES string of the molecule is CC(C)(C)c1ccc(C2C(C(=O)c3cccs3)C(C=Cc3ccccc3)N(C(=O)C3CC3)C2C(N)=O)cc1. The maximum atomic E-state index is 14.1. The second kappa shape index (κ2) is 10.3. The predicted molar refractivity (Wildman–Crippen MR) is 152 cm³/mol. The summed E-state index contributed by atoms with van der Waals surface area (Å²) >= 11 is 1.38. The molecule has 1 saturated heterocycles. The van der Waals surface area contributed by atoms with Crippen LogP contribution in [0.25, 0.3) is 6.08 Å². The van der Waals surface area contributed by atoms with E-state index in [4.69, 9.17) is 5.73 Å². The number of thiophene rings is 1. The summed E-state index contributed by atoms with van der Waals surface area (Å²) in [6.45, 7) is 6.44. The molecule has 1 saturated carbocycles. The fourth-order valence-electron chi connectivity index (χ4n) is 5.56. The van der Waals surface area contributed by atoms with Crippen LogP contribution < -0.4 is 5.73 Å². The van der Waals surface area contributed by atoms with Crippen LogP contribution in [-0.4, -0.2) is 34.6 Å². The first-order chi connectivity index (χ1) is 18.2. The number of carbonyl (C=O) groups excluding carboxylic acids is 3. The van der Waals surface area contributed by atoms with Crippen LogP contribution in [0.5, 0.6) is 0 Å². The predicted octanol–water partition coefficient (Wildman–Crippen LogP) is 5.82. The number of rotatable bonds is 7. The number of likely N-dealkylation sites (tertiary alicyclic amines) is 1. The lowest BCUT2D eigenvalue weighted by molar-refractivity contribution is -0.139. The number of carbonyl (C=O) groups is 3. The first-order valence-electron chi connectivity index (χ1n) is 13.2. The summed E-state index contributed by atoms with van der Waals surface area (Å²) in [6, 6.07) is 20.1. The fraction of sp³-hybridized carbons (Fsp3) is 0.344. The molecule has 2 N–H and O–H groups in total. The molecule has 2 aliphatic rings. The minimum absolute atomic E-state index is 0.0432. The molecule has 2 aromatic carbocycles. The van der Waals surface area contributed by atoms with Crippen molar-refractivity contribution >= 4 is 35.0 Å². The van der Waals surface area contributed by atoms with Crippen LogP contribution in [0.15, 0.2) is 78.2 Å². The number of hydrogen-bond donors (Lipinski definition) is 1.